The summed E-state index contributed by atoms with van der Waals surface area (Å²) in [5.74, 6) is 0.766. The van der Waals surface area contributed by atoms with Crippen LogP contribution in [0.3, 0.4) is 0 Å². The minimum atomic E-state index is -3.53. The van der Waals surface area contributed by atoms with Crippen LogP contribution in [-0.4, -0.2) is 32.0 Å². The molecule has 0 heterocycles. The van der Waals surface area contributed by atoms with E-state index >= 15 is 0 Å². The van der Waals surface area contributed by atoms with E-state index in [0.717, 1.165) is 6.42 Å². The van der Waals surface area contributed by atoms with Crippen LogP contribution in [0.5, 0.6) is 0 Å². The van der Waals surface area contributed by atoms with E-state index in [-0.39, 0.29) is 4.90 Å². The molecule has 1 fully saturated rings. The average molecular weight is 413 g/mol. The van der Waals surface area contributed by atoms with Crippen molar-refractivity contribution in [2.45, 2.75) is 51.0 Å². The maximum atomic E-state index is 12.2. The van der Waals surface area contributed by atoms with E-state index < -0.39 is 15.9 Å². The molecule has 0 aromatic heterocycles. The minimum Gasteiger partial charge on any atom is -0.358 e. The third-order valence-electron chi connectivity index (χ3n) is 5.07. The lowest BCUT2D eigenvalue weighted by Crippen LogP contribution is -2.52. The lowest BCUT2D eigenvalue weighted by molar-refractivity contribution is 0.0943. The van der Waals surface area contributed by atoms with E-state index in [0.29, 0.717) is 35.1 Å². The fraction of sp³-hybridized carbons (Fsp3) is 0.556. The molecule has 0 unspecified atom stereocenters. The summed E-state index contributed by atoms with van der Waals surface area (Å²) >= 11 is 5.27. The Morgan fingerprint density at radius 1 is 1.15 bits per heavy atom. The van der Waals surface area contributed by atoms with Crippen molar-refractivity contribution < 1.29 is 13.2 Å². The Kier molecular flexibility index (Phi) is 7.58. The largest absolute Gasteiger partial charge is 0.358 e. The van der Waals surface area contributed by atoms with Crippen molar-refractivity contribution >= 4 is 33.3 Å². The van der Waals surface area contributed by atoms with Gasteiger partial charge < -0.3 is 5.32 Å². The number of thiocarbonyl (C=S) groups is 1. The van der Waals surface area contributed by atoms with Gasteiger partial charge in [-0.3, -0.25) is 15.6 Å². The Morgan fingerprint density at radius 3 is 2.44 bits per heavy atom. The number of hydrogen-bond donors (Lipinski definition) is 4. The van der Waals surface area contributed by atoms with Crippen LogP contribution < -0.4 is 20.9 Å². The number of benzene rings is 1. The first-order chi connectivity index (χ1) is 12.7. The SMILES string of the molecule is CCNS(=O)(=O)c1ccc(C(=O)NNC(=S)N[C@@H]2CCC[C@H](C)[C@@H]2C)cc1. The van der Waals surface area contributed by atoms with Crippen LogP contribution in [0.4, 0.5) is 0 Å². The number of hydrogen-bond acceptors (Lipinski definition) is 4. The van der Waals surface area contributed by atoms with E-state index in [1.165, 1.54) is 37.1 Å². The third-order valence-corrected chi connectivity index (χ3v) is 6.86. The van der Waals surface area contributed by atoms with Crippen molar-refractivity contribution in [1.29, 1.82) is 0 Å². The third kappa shape index (κ3) is 5.88. The highest BCUT2D eigenvalue weighted by Crippen LogP contribution is 2.29. The molecule has 2 rings (SSSR count). The summed E-state index contributed by atoms with van der Waals surface area (Å²) in [6.45, 7) is 6.47. The second kappa shape index (κ2) is 9.48. The van der Waals surface area contributed by atoms with Crippen LogP contribution in [0, 0.1) is 11.8 Å². The van der Waals surface area contributed by atoms with Gasteiger partial charge in [0.25, 0.3) is 5.91 Å². The number of hydrazine groups is 1. The van der Waals surface area contributed by atoms with Crippen molar-refractivity contribution in [3.63, 3.8) is 0 Å². The lowest BCUT2D eigenvalue weighted by atomic mass is 9.78. The molecule has 7 nitrogen and oxygen atoms in total. The highest BCUT2D eigenvalue weighted by atomic mass is 32.2. The van der Waals surface area contributed by atoms with Crippen LogP contribution >= 0.6 is 12.2 Å². The van der Waals surface area contributed by atoms with Gasteiger partial charge in [-0.25, -0.2) is 13.1 Å². The van der Waals surface area contributed by atoms with Gasteiger partial charge in [0.2, 0.25) is 10.0 Å². The van der Waals surface area contributed by atoms with Crippen LogP contribution in [-0.2, 0) is 10.0 Å². The predicted molar refractivity (Wildman–Crippen MR) is 110 cm³/mol. The highest BCUT2D eigenvalue weighted by Gasteiger charge is 2.27. The van der Waals surface area contributed by atoms with Crippen LogP contribution in [0.2, 0.25) is 0 Å². The smallest absolute Gasteiger partial charge is 0.269 e. The summed E-state index contributed by atoms with van der Waals surface area (Å²) in [5.41, 5.74) is 5.59. The molecule has 1 saturated carbocycles. The minimum absolute atomic E-state index is 0.117. The van der Waals surface area contributed by atoms with Crippen molar-refractivity contribution in [3.05, 3.63) is 29.8 Å². The topological polar surface area (TPSA) is 99.3 Å². The Bertz CT molecular complexity index is 765. The van der Waals surface area contributed by atoms with Gasteiger partial charge in [-0.1, -0.05) is 33.6 Å². The van der Waals surface area contributed by atoms with E-state index in [1.54, 1.807) is 6.92 Å². The van der Waals surface area contributed by atoms with E-state index in [9.17, 15) is 13.2 Å². The quantitative estimate of drug-likeness (QED) is 0.436. The summed E-state index contributed by atoms with van der Waals surface area (Å²) < 4.78 is 26.2. The number of carbonyl (C=O) groups is 1. The molecule has 0 spiro atoms. The van der Waals surface area contributed by atoms with Gasteiger partial charge in [0.15, 0.2) is 5.11 Å². The van der Waals surface area contributed by atoms with E-state index in [1.807, 2.05) is 0 Å². The first-order valence-electron chi connectivity index (χ1n) is 9.21. The summed E-state index contributed by atoms with van der Waals surface area (Å²) in [4.78, 5) is 12.3. The number of rotatable bonds is 5. The lowest BCUT2D eigenvalue weighted by Gasteiger charge is -2.35. The monoisotopic (exact) mass is 412 g/mol. The number of sulfonamides is 1. The second-order valence-electron chi connectivity index (χ2n) is 6.95. The number of carbonyl (C=O) groups excluding carboxylic acids is 1. The molecular formula is C18H28N4O3S2. The Labute approximate surface area is 166 Å². The van der Waals surface area contributed by atoms with Crippen molar-refractivity contribution in [3.8, 4) is 0 Å². The van der Waals surface area contributed by atoms with Gasteiger partial charge in [0.05, 0.1) is 4.90 Å². The molecular weight excluding hydrogens is 384 g/mol. The Balaban J connectivity index is 1.87. The number of amides is 1. The molecule has 9 heteroatoms. The maximum absolute atomic E-state index is 12.2. The first kappa shape index (κ1) is 21.6. The molecule has 0 bridgehead atoms. The van der Waals surface area contributed by atoms with Gasteiger partial charge in [-0.2, -0.15) is 0 Å². The molecule has 27 heavy (non-hydrogen) atoms. The van der Waals surface area contributed by atoms with Crippen molar-refractivity contribution in [1.82, 2.24) is 20.9 Å². The molecule has 0 radical (unpaired) electrons. The second-order valence-corrected chi connectivity index (χ2v) is 9.13. The zero-order valence-corrected chi connectivity index (χ0v) is 17.5. The fourth-order valence-corrected chi connectivity index (χ4v) is 4.48. The number of nitrogens with one attached hydrogen (secondary N) is 4. The molecule has 150 valence electrons. The Morgan fingerprint density at radius 2 is 1.81 bits per heavy atom. The molecule has 0 aliphatic heterocycles. The van der Waals surface area contributed by atoms with Crippen LogP contribution in [0.25, 0.3) is 0 Å². The van der Waals surface area contributed by atoms with E-state index in [4.69, 9.17) is 12.2 Å². The molecule has 1 aliphatic carbocycles. The van der Waals surface area contributed by atoms with Gasteiger partial charge in [0.1, 0.15) is 0 Å². The summed E-state index contributed by atoms with van der Waals surface area (Å²) in [6, 6.07) is 6.01. The molecule has 1 aromatic rings. The van der Waals surface area contributed by atoms with Gasteiger partial charge in [-0.15, -0.1) is 0 Å². The normalized spacial score (nSPS) is 22.7. The standard InChI is InChI=1S/C18H28N4O3S2/c1-4-19-27(24,25)15-10-8-14(9-11-15)17(23)21-22-18(26)20-16-7-5-6-12(2)13(16)3/h8-13,16,19H,4-7H2,1-3H3,(H,21,23)(H2,20,22,26)/t12-,13-,16+/m0/s1. The summed E-state index contributed by atoms with van der Waals surface area (Å²) in [6.07, 6.45) is 3.46. The molecule has 1 aliphatic rings. The van der Waals surface area contributed by atoms with Gasteiger partial charge in [-0.05, 0) is 54.7 Å². The van der Waals surface area contributed by atoms with E-state index in [2.05, 4.69) is 34.7 Å². The summed E-state index contributed by atoms with van der Waals surface area (Å²) in [7, 11) is -3.53. The molecule has 0 saturated heterocycles. The predicted octanol–water partition coefficient (Wildman–Crippen LogP) is 1.92. The van der Waals surface area contributed by atoms with Gasteiger partial charge in [0, 0.05) is 18.2 Å². The van der Waals surface area contributed by atoms with Gasteiger partial charge >= 0.3 is 0 Å². The molecule has 3 atom stereocenters. The zero-order chi connectivity index (χ0) is 20.0. The zero-order valence-electron chi connectivity index (χ0n) is 15.9. The maximum Gasteiger partial charge on any atom is 0.269 e. The molecule has 4 N–H and O–H groups in total. The molecule has 1 aromatic carbocycles. The van der Waals surface area contributed by atoms with Crippen LogP contribution in [0.15, 0.2) is 29.2 Å². The van der Waals surface area contributed by atoms with Crippen molar-refractivity contribution in [2.24, 2.45) is 11.8 Å². The summed E-state index contributed by atoms with van der Waals surface area (Å²) in [5, 5.41) is 3.64. The van der Waals surface area contributed by atoms with Crippen molar-refractivity contribution in [2.75, 3.05) is 6.54 Å². The average Bonchev–Trinajstić information content (AvgIpc) is 2.63. The van der Waals surface area contributed by atoms with Crippen LogP contribution in [0.1, 0.15) is 50.4 Å². The first-order valence-corrected chi connectivity index (χ1v) is 11.1. The highest BCUT2D eigenvalue weighted by molar-refractivity contribution is 7.89. The molecule has 1 amide bonds. The fourth-order valence-electron chi connectivity index (χ4n) is 3.23. The Hall–Kier alpha value is -1.71.